The number of carbonyl (C=O) groups is 1. The van der Waals surface area contributed by atoms with Crippen molar-refractivity contribution in [2.75, 3.05) is 10.6 Å². The van der Waals surface area contributed by atoms with E-state index in [1.807, 2.05) is 0 Å². The van der Waals surface area contributed by atoms with Crippen molar-refractivity contribution in [2.45, 2.75) is 0 Å². The zero-order valence-electron chi connectivity index (χ0n) is 9.45. The van der Waals surface area contributed by atoms with Crippen LogP contribution in [0.4, 0.5) is 16.2 Å². The lowest BCUT2D eigenvalue weighted by molar-refractivity contribution is 0.262. The third-order valence-electron chi connectivity index (χ3n) is 2.14. The molecule has 0 aliphatic carbocycles. The van der Waals surface area contributed by atoms with E-state index < -0.39 is 6.03 Å². The van der Waals surface area contributed by atoms with Gasteiger partial charge in [0.1, 0.15) is 0 Å². The number of benzene rings is 1. The van der Waals surface area contributed by atoms with E-state index in [0.29, 0.717) is 21.4 Å². The number of aromatic nitrogens is 1. The quantitative estimate of drug-likeness (QED) is 0.808. The molecule has 0 unspecified atom stereocenters. The average molecular weight is 361 g/mol. The molecule has 4 nitrogen and oxygen atoms in total. The second kappa shape index (κ2) is 6.23. The van der Waals surface area contributed by atoms with Crippen LogP contribution in [-0.2, 0) is 0 Å². The summed E-state index contributed by atoms with van der Waals surface area (Å²) in [4.78, 5) is 15.7. The number of anilines is 2. The van der Waals surface area contributed by atoms with Gasteiger partial charge in [0.25, 0.3) is 0 Å². The lowest BCUT2D eigenvalue weighted by atomic mass is 10.3. The first kappa shape index (κ1) is 14.1. The number of hydrogen-bond acceptors (Lipinski definition) is 2. The fraction of sp³-hybridized carbons (Fsp3) is 0. The lowest BCUT2D eigenvalue weighted by Crippen LogP contribution is -2.19. The Morgan fingerprint density at radius 1 is 1.05 bits per heavy atom. The number of amides is 2. The number of urea groups is 1. The highest BCUT2D eigenvalue weighted by atomic mass is 79.9. The molecule has 2 rings (SSSR count). The van der Waals surface area contributed by atoms with Crippen molar-refractivity contribution in [2.24, 2.45) is 0 Å². The van der Waals surface area contributed by atoms with Crippen LogP contribution in [0.15, 0.2) is 41.1 Å². The molecule has 2 amide bonds. The first-order valence-electron chi connectivity index (χ1n) is 5.18. The van der Waals surface area contributed by atoms with Crippen molar-refractivity contribution in [3.63, 3.8) is 0 Å². The van der Waals surface area contributed by atoms with Gasteiger partial charge in [-0.15, -0.1) is 0 Å². The maximum atomic E-state index is 11.7. The molecule has 0 bridgehead atoms. The van der Waals surface area contributed by atoms with Crippen LogP contribution in [0.5, 0.6) is 0 Å². The van der Waals surface area contributed by atoms with Gasteiger partial charge in [-0.2, -0.15) is 0 Å². The number of hydrogen-bond donors (Lipinski definition) is 2. The van der Waals surface area contributed by atoms with E-state index >= 15 is 0 Å². The minimum Gasteiger partial charge on any atom is -0.308 e. The maximum Gasteiger partial charge on any atom is 0.323 e. The third-order valence-corrected chi connectivity index (χ3v) is 3.31. The molecule has 0 saturated heterocycles. The third kappa shape index (κ3) is 4.09. The van der Waals surface area contributed by atoms with E-state index in [1.54, 1.807) is 36.7 Å². The van der Waals surface area contributed by atoms with Gasteiger partial charge >= 0.3 is 6.03 Å². The highest BCUT2D eigenvalue weighted by Crippen LogP contribution is 2.25. The Morgan fingerprint density at radius 3 is 2.47 bits per heavy atom. The van der Waals surface area contributed by atoms with E-state index in [9.17, 15) is 4.79 Å². The minimum absolute atomic E-state index is 0.378. The molecule has 0 aliphatic heterocycles. The number of nitrogens with zero attached hydrogens (tertiary/aromatic N) is 1. The molecule has 7 heteroatoms. The highest BCUT2D eigenvalue weighted by molar-refractivity contribution is 9.10. The SMILES string of the molecule is O=C(Nc1cncc(Br)c1)Nc1ccc(Cl)c(Cl)c1. The largest absolute Gasteiger partial charge is 0.323 e. The van der Waals surface area contributed by atoms with Gasteiger partial charge in [0.15, 0.2) is 0 Å². The monoisotopic (exact) mass is 359 g/mol. The smallest absolute Gasteiger partial charge is 0.308 e. The van der Waals surface area contributed by atoms with Crippen LogP contribution in [0.3, 0.4) is 0 Å². The van der Waals surface area contributed by atoms with Crippen molar-refractivity contribution < 1.29 is 4.79 Å². The Labute approximate surface area is 128 Å². The molecule has 98 valence electrons. The van der Waals surface area contributed by atoms with Gasteiger partial charge in [-0.25, -0.2) is 4.79 Å². The number of pyridine rings is 1. The van der Waals surface area contributed by atoms with Gasteiger partial charge in [-0.1, -0.05) is 23.2 Å². The van der Waals surface area contributed by atoms with Gasteiger partial charge in [0.05, 0.1) is 21.9 Å². The first-order valence-corrected chi connectivity index (χ1v) is 6.73. The summed E-state index contributed by atoms with van der Waals surface area (Å²) < 4.78 is 0.778. The maximum absolute atomic E-state index is 11.7. The van der Waals surface area contributed by atoms with Crippen LogP contribution >= 0.6 is 39.1 Å². The van der Waals surface area contributed by atoms with Gasteiger partial charge in [0.2, 0.25) is 0 Å². The normalized spacial score (nSPS) is 10.1. The minimum atomic E-state index is -0.390. The van der Waals surface area contributed by atoms with Gasteiger partial charge in [0, 0.05) is 16.4 Å². The summed E-state index contributed by atoms with van der Waals surface area (Å²) in [5, 5.41) is 6.10. The van der Waals surface area contributed by atoms with Crippen LogP contribution in [0.25, 0.3) is 0 Å². The molecule has 2 aromatic rings. The molecule has 1 aromatic heterocycles. The number of rotatable bonds is 2. The van der Waals surface area contributed by atoms with E-state index in [1.165, 1.54) is 0 Å². The first-order chi connectivity index (χ1) is 9.04. The van der Waals surface area contributed by atoms with Crippen molar-refractivity contribution in [3.8, 4) is 0 Å². The molecule has 0 aliphatic rings. The summed E-state index contributed by atoms with van der Waals surface area (Å²) in [6, 6.07) is 6.19. The summed E-state index contributed by atoms with van der Waals surface area (Å²) in [5.41, 5.74) is 1.13. The summed E-state index contributed by atoms with van der Waals surface area (Å²) >= 11 is 14.9. The van der Waals surface area contributed by atoms with Crippen molar-refractivity contribution >= 4 is 56.5 Å². The van der Waals surface area contributed by atoms with Crippen LogP contribution in [0, 0.1) is 0 Å². The summed E-state index contributed by atoms with van der Waals surface area (Å²) in [5.74, 6) is 0. The molecular formula is C12H8BrCl2N3O. The average Bonchev–Trinajstić information content (AvgIpc) is 2.34. The zero-order valence-corrected chi connectivity index (χ0v) is 12.6. The molecule has 0 atom stereocenters. The number of nitrogens with one attached hydrogen (secondary N) is 2. The van der Waals surface area contributed by atoms with Gasteiger partial charge in [-0.05, 0) is 40.2 Å². The number of halogens is 3. The number of carbonyl (C=O) groups excluding carboxylic acids is 1. The highest BCUT2D eigenvalue weighted by Gasteiger charge is 2.05. The predicted octanol–water partition coefficient (Wildman–Crippen LogP) is 4.79. The van der Waals surface area contributed by atoms with Crippen LogP contribution in [-0.4, -0.2) is 11.0 Å². The Hall–Kier alpha value is -1.30. The standard InChI is InChI=1S/C12H8BrCl2N3O/c13-7-3-9(6-16-5-7)18-12(19)17-8-1-2-10(14)11(15)4-8/h1-6H,(H2,17,18,19). The molecule has 1 aromatic carbocycles. The second-order valence-electron chi connectivity index (χ2n) is 3.60. The summed E-state index contributed by atoms with van der Waals surface area (Å²) in [6.07, 6.45) is 3.17. The van der Waals surface area contributed by atoms with Crippen molar-refractivity contribution in [3.05, 3.63) is 51.2 Å². The van der Waals surface area contributed by atoms with E-state index in [4.69, 9.17) is 23.2 Å². The molecular weight excluding hydrogens is 353 g/mol. The Balaban J connectivity index is 2.03. The second-order valence-corrected chi connectivity index (χ2v) is 5.33. The van der Waals surface area contributed by atoms with Gasteiger partial charge < -0.3 is 10.6 Å². The summed E-state index contributed by atoms with van der Waals surface area (Å²) in [6.45, 7) is 0. The molecule has 0 radical (unpaired) electrons. The molecule has 0 spiro atoms. The summed E-state index contributed by atoms with van der Waals surface area (Å²) in [7, 11) is 0. The van der Waals surface area contributed by atoms with Crippen LogP contribution in [0.1, 0.15) is 0 Å². The van der Waals surface area contributed by atoms with Gasteiger partial charge in [-0.3, -0.25) is 4.98 Å². The lowest BCUT2D eigenvalue weighted by Gasteiger charge is -2.08. The van der Waals surface area contributed by atoms with E-state index in [-0.39, 0.29) is 0 Å². The van der Waals surface area contributed by atoms with E-state index in [2.05, 4.69) is 31.5 Å². The van der Waals surface area contributed by atoms with Crippen LogP contribution < -0.4 is 10.6 Å². The Morgan fingerprint density at radius 2 is 1.79 bits per heavy atom. The predicted molar refractivity (Wildman–Crippen MR) is 81.0 cm³/mol. The van der Waals surface area contributed by atoms with Crippen molar-refractivity contribution in [1.29, 1.82) is 0 Å². The van der Waals surface area contributed by atoms with Crippen molar-refractivity contribution in [1.82, 2.24) is 4.98 Å². The molecule has 0 fully saturated rings. The molecule has 2 N–H and O–H groups in total. The Kier molecular flexibility index (Phi) is 4.63. The molecule has 0 saturated carbocycles. The van der Waals surface area contributed by atoms with E-state index in [0.717, 1.165) is 4.47 Å². The molecule has 1 heterocycles. The topological polar surface area (TPSA) is 54.0 Å². The van der Waals surface area contributed by atoms with Crippen LogP contribution in [0.2, 0.25) is 10.0 Å². The fourth-order valence-corrected chi connectivity index (χ4v) is 2.01. The fourth-order valence-electron chi connectivity index (χ4n) is 1.35. The molecule has 19 heavy (non-hydrogen) atoms. The zero-order chi connectivity index (χ0) is 13.8. The Bertz CT molecular complexity index is 622.